The molecule has 1 heterocycles. The lowest BCUT2D eigenvalue weighted by atomic mass is 9.99. The highest BCUT2D eigenvalue weighted by Crippen LogP contribution is 2.23. The van der Waals surface area contributed by atoms with Crippen LogP contribution in [0.25, 0.3) is 0 Å². The molecule has 6 N–H and O–H groups in total. The molecule has 0 aliphatic carbocycles. The Kier molecular flexibility index (Phi) is 67.7. The third kappa shape index (κ3) is 59.8. The van der Waals surface area contributed by atoms with Gasteiger partial charge in [0, 0.05) is 6.42 Å². The van der Waals surface area contributed by atoms with Gasteiger partial charge in [-0.1, -0.05) is 367 Å². The van der Waals surface area contributed by atoms with Crippen molar-refractivity contribution in [1.82, 2.24) is 5.32 Å². The first-order chi connectivity index (χ1) is 45.8. The number of unbranched alkanes of at least 4 members (excludes halogenated alkanes) is 43. The van der Waals surface area contributed by atoms with Crippen LogP contribution < -0.4 is 5.32 Å². The van der Waals surface area contributed by atoms with Gasteiger partial charge >= 0.3 is 0 Å². The van der Waals surface area contributed by atoms with Gasteiger partial charge < -0.3 is 40.3 Å². The molecule has 9 nitrogen and oxygen atoms in total. The number of amides is 1. The number of carbonyl (C=O) groups is 1. The molecular formula is C84H149NO8. The van der Waals surface area contributed by atoms with E-state index in [1.165, 1.54) is 257 Å². The Morgan fingerprint density at radius 2 is 0.677 bits per heavy atom. The predicted octanol–water partition coefficient (Wildman–Crippen LogP) is 22.8. The summed E-state index contributed by atoms with van der Waals surface area (Å²) in [6, 6.07) is -0.835. The van der Waals surface area contributed by atoms with E-state index in [-0.39, 0.29) is 12.5 Å². The Balaban J connectivity index is 2.11. The van der Waals surface area contributed by atoms with Crippen molar-refractivity contribution >= 4 is 5.91 Å². The Hall–Kier alpha value is -3.15. The van der Waals surface area contributed by atoms with Crippen LogP contribution in [0.3, 0.4) is 0 Å². The van der Waals surface area contributed by atoms with Crippen molar-refractivity contribution in [2.24, 2.45) is 0 Å². The van der Waals surface area contributed by atoms with Crippen molar-refractivity contribution in [2.75, 3.05) is 13.2 Å². The van der Waals surface area contributed by atoms with Crippen LogP contribution in [-0.4, -0.2) is 87.5 Å². The highest BCUT2D eigenvalue weighted by molar-refractivity contribution is 5.76. The average molecular weight is 1300 g/mol. The second kappa shape index (κ2) is 71.6. The van der Waals surface area contributed by atoms with Crippen LogP contribution in [0, 0.1) is 0 Å². The SMILES string of the molecule is CC/C=C\C/C=C\C/C=C\C/C=C\C/C=C\C/C=C\CCCCCCCCCCCCCCCCCCCCC(=O)NC(COC1OC(CO)C(O)C(O)C1O)C(O)/C=C/CC/C=C/CC/C=C/CCCCCCCCCCCCCCCCCCCCCCCCC. The number of ether oxygens (including phenoxy) is 2. The molecule has 1 fully saturated rings. The molecule has 538 valence electrons. The van der Waals surface area contributed by atoms with Crippen LogP contribution in [0.15, 0.2) is 109 Å². The fraction of sp³-hybridized carbons (Fsp3) is 0.774. The molecule has 93 heavy (non-hydrogen) atoms. The third-order valence-corrected chi connectivity index (χ3v) is 18.3. The first kappa shape index (κ1) is 87.9. The molecule has 1 aliphatic rings. The van der Waals surface area contributed by atoms with Crippen molar-refractivity contribution in [3.63, 3.8) is 0 Å². The van der Waals surface area contributed by atoms with Crippen LogP contribution in [0.2, 0.25) is 0 Å². The normalized spacial score (nSPS) is 18.2. The Morgan fingerprint density at radius 1 is 0.376 bits per heavy atom. The van der Waals surface area contributed by atoms with Crippen LogP contribution >= 0.6 is 0 Å². The lowest BCUT2D eigenvalue weighted by Gasteiger charge is -2.40. The van der Waals surface area contributed by atoms with Crippen molar-refractivity contribution < 1.29 is 39.8 Å². The van der Waals surface area contributed by atoms with Crippen LogP contribution in [0.1, 0.15) is 361 Å². The van der Waals surface area contributed by atoms with Gasteiger partial charge in [0.1, 0.15) is 24.4 Å². The maximum absolute atomic E-state index is 13.2. The van der Waals surface area contributed by atoms with E-state index in [2.05, 4.69) is 116 Å². The van der Waals surface area contributed by atoms with Crippen LogP contribution in [0.4, 0.5) is 0 Å². The van der Waals surface area contributed by atoms with Gasteiger partial charge in [-0.15, -0.1) is 0 Å². The van der Waals surface area contributed by atoms with E-state index in [1.807, 2.05) is 6.08 Å². The summed E-state index contributed by atoms with van der Waals surface area (Å²) in [6.07, 6.45) is 99.5. The summed E-state index contributed by atoms with van der Waals surface area (Å²) >= 11 is 0. The van der Waals surface area contributed by atoms with Crippen molar-refractivity contribution in [3.8, 4) is 0 Å². The van der Waals surface area contributed by atoms with E-state index < -0.39 is 49.5 Å². The van der Waals surface area contributed by atoms with E-state index >= 15 is 0 Å². The lowest BCUT2D eigenvalue weighted by molar-refractivity contribution is -0.302. The van der Waals surface area contributed by atoms with Gasteiger partial charge in [0.2, 0.25) is 5.91 Å². The molecule has 9 heteroatoms. The summed E-state index contributed by atoms with van der Waals surface area (Å²) in [5, 5.41) is 54.9. The molecule has 1 aliphatic heterocycles. The second-order valence-electron chi connectivity index (χ2n) is 27.1. The summed E-state index contributed by atoms with van der Waals surface area (Å²) in [4.78, 5) is 13.2. The smallest absolute Gasteiger partial charge is 0.220 e. The standard InChI is InChI=1S/C84H149NO8/c1-3-5-7-9-11-13-15-17-19-21-23-25-27-29-31-33-35-37-38-39-40-42-44-46-48-50-52-54-56-58-60-62-64-66-68-70-72-74-80(88)85-77(76-92-84-83(91)82(90)81(89)79(75-86)93-84)78(87)73-71-69-67-65-63-61-59-57-55-53-51-49-47-45-43-41-36-34-32-30-28-26-24-22-20-18-16-14-12-10-8-6-4-2/h5,7,11,13,17,19,23,25,29,31,35,37,55,57,63,65,71,73,77-79,81-84,86-87,89-91H,3-4,6,8-10,12,14-16,18,20-22,24,26-28,30,32-34,36,38-54,56,58-62,64,66-70,72,74-76H2,1-2H3,(H,85,88)/b7-5-,13-11-,19-17-,25-23-,31-29-,37-35-,57-55+,65-63+,73-71+. The lowest BCUT2D eigenvalue weighted by Crippen LogP contribution is -2.60. The topological polar surface area (TPSA) is 149 Å². The molecule has 7 unspecified atom stereocenters. The highest BCUT2D eigenvalue weighted by Gasteiger charge is 2.44. The number of allylic oxidation sites excluding steroid dienone is 17. The third-order valence-electron chi connectivity index (χ3n) is 18.3. The van der Waals surface area contributed by atoms with Gasteiger partial charge in [0.25, 0.3) is 0 Å². The summed E-state index contributed by atoms with van der Waals surface area (Å²) in [6.45, 7) is 3.68. The number of aliphatic hydroxyl groups excluding tert-OH is 5. The van der Waals surface area contributed by atoms with Crippen molar-refractivity contribution in [2.45, 2.75) is 403 Å². The number of hydrogen-bond donors (Lipinski definition) is 6. The first-order valence-corrected chi connectivity index (χ1v) is 39.6. The summed E-state index contributed by atoms with van der Waals surface area (Å²) < 4.78 is 11.3. The maximum atomic E-state index is 13.2. The molecule has 0 aromatic rings. The molecule has 1 rings (SSSR count). The van der Waals surface area contributed by atoms with Gasteiger partial charge in [-0.05, 0) is 96.3 Å². The molecule has 7 atom stereocenters. The average Bonchev–Trinajstić information content (AvgIpc) is 1.01. The first-order valence-electron chi connectivity index (χ1n) is 39.6. The van der Waals surface area contributed by atoms with Crippen LogP contribution in [0.5, 0.6) is 0 Å². The Morgan fingerprint density at radius 3 is 1.03 bits per heavy atom. The molecule has 0 saturated carbocycles. The fourth-order valence-electron chi connectivity index (χ4n) is 12.2. The zero-order valence-corrected chi connectivity index (χ0v) is 60.5. The monoisotopic (exact) mass is 1300 g/mol. The maximum Gasteiger partial charge on any atom is 0.220 e. The van der Waals surface area contributed by atoms with E-state index in [4.69, 9.17) is 9.47 Å². The Labute approximate surface area is 574 Å². The fourth-order valence-corrected chi connectivity index (χ4v) is 12.2. The van der Waals surface area contributed by atoms with Crippen molar-refractivity contribution in [1.29, 1.82) is 0 Å². The molecule has 0 bridgehead atoms. The van der Waals surface area contributed by atoms with Crippen LogP contribution in [-0.2, 0) is 14.3 Å². The van der Waals surface area contributed by atoms with Gasteiger partial charge in [-0.25, -0.2) is 0 Å². The van der Waals surface area contributed by atoms with E-state index in [9.17, 15) is 30.3 Å². The Bertz CT molecular complexity index is 1850. The molecule has 0 aromatic heterocycles. The van der Waals surface area contributed by atoms with E-state index in [0.29, 0.717) is 6.42 Å². The summed E-state index contributed by atoms with van der Waals surface area (Å²) in [5.41, 5.74) is 0. The number of aliphatic hydroxyl groups is 5. The number of rotatable bonds is 69. The molecule has 1 saturated heterocycles. The molecule has 0 radical (unpaired) electrons. The zero-order chi connectivity index (χ0) is 67.1. The summed E-state index contributed by atoms with van der Waals surface area (Å²) in [7, 11) is 0. The van der Waals surface area contributed by atoms with E-state index in [1.54, 1.807) is 6.08 Å². The number of carbonyl (C=O) groups excluding carboxylic acids is 1. The van der Waals surface area contributed by atoms with Gasteiger partial charge in [0.15, 0.2) is 6.29 Å². The van der Waals surface area contributed by atoms with Gasteiger partial charge in [0.05, 0.1) is 25.4 Å². The minimum atomic E-state index is -1.58. The largest absolute Gasteiger partial charge is 0.394 e. The van der Waals surface area contributed by atoms with Gasteiger partial charge in [-0.3, -0.25) is 4.79 Å². The summed E-state index contributed by atoms with van der Waals surface area (Å²) in [5.74, 6) is -0.188. The minimum Gasteiger partial charge on any atom is -0.394 e. The van der Waals surface area contributed by atoms with E-state index in [0.717, 1.165) is 83.5 Å². The second-order valence-corrected chi connectivity index (χ2v) is 27.1. The number of hydrogen-bond acceptors (Lipinski definition) is 8. The molecule has 0 spiro atoms. The quantitative estimate of drug-likeness (QED) is 0.0261. The van der Waals surface area contributed by atoms with Crippen molar-refractivity contribution in [3.05, 3.63) is 109 Å². The molecule has 1 amide bonds. The van der Waals surface area contributed by atoms with Gasteiger partial charge in [-0.2, -0.15) is 0 Å². The predicted molar refractivity (Wildman–Crippen MR) is 401 cm³/mol. The molecule has 0 aromatic carbocycles. The number of nitrogens with one attached hydrogen (secondary N) is 1. The molecular weight excluding hydrogens is 1150 g/mol. The highest BCUT2D eigenvalue weighted by atomic mass is 16.7. The zero-order valence-electron chi connectivity index (χ0n) is 60.5. The minimum absolute atomic E-state index is 0.188.